The van der Waals surface area contributed by atoms with Crippen molar-refractivity contribution in [2.45, 2.75) is 0 Å². The zero-order valence-electron chi connectivity index (χ0n) is 5.88. The zero-order valence-corrected chi connectivity index (χ0v) is 7.51. The van der Waals surface area contributed by atoms with Crippen LogP contribution in [0.25, 0.3) is 0 Å². The SMILES string of the molecule is C=C=C.O=S(=O)(F)F.O=S(=O)(F)F. The van der Waals surface area contributed by atoms with Crippen molar-refractivity contribution in [3.05, 3.63) is 18.9 Å². The summed E-state index contributed by atoms with van der Waals surface area (Å²) >= 11 is 0. The maximum absolute atomic E-state index is 9.99. The first-order valence-electron chi connectivity index (χ1n) is 1.99. The second-order valence-corrected chi connectivity index (χ2v) is 2.52. The number of rotatable bonds is 0. The van der Waals surface area contributed by atoms with Gasteiger partial charge in [0.05, 0.1) is 0 Å². The van der Waals surface area contributed by atoms with E-state index in [2.05, 4.69) is 18.9 Å². The predicted molar refractivity (Wildman–Crippen MR) is 37.0 cm³/mol. The highest BCUT2D eigenvalue weighted by atomic mass is 32.3. The van der Waals surface area contributed by atoms with Gasteiger partial charge in [-0.15, -0.1) is 5.73 Å². The fraction of sp³-hybridized carbons (Fsp3) is 0. The molecule has 0 saturated heterocycles. The minimum absolute atomic E-state index is 2.25. The van der Waals surface area contributed by atoms with E-state index >= 15 is 0 Å². The predicted octanol–water partition coefficient (Wildman–Crippen LogP) is 1.30. The van der Waals surface area contributed by atoms with Crippen LogP contribution >= 0.6 is 0 Å². The van der Waals surface area contributed by atoms with Crippen LogP contribution < -0.4 is 0 Å². The molecule has 13 heavy (non-hydrogen) atoms. The van der Waals surface area contributed by atoms with Gasteiger partial charge in [-0.2, -0.15) is 16.8 Å². The lowest BCUT2D eigenvalue weighted by Crippen LogP contribution is -1.69. The summed E-state index contributed by atoms with van der Waals surface area (Å²) in [6, 6.07) is 0. The van der Waals surface area contributed by atoms with Crippen LogP contribution in [0.4, 0.5) is 15.5 Å². The molecule has 0 aliphatic heterocycles. The summed E-state index contributed by atoms with van der Waals surface area (Å²) in [5.74, 6) is 0. The molecule has 0 N–H and O–H groups in total. The molecule has 0 unspecified atom stereocenters. The fourth-order valence-electron chi connectivity index (χ4n) is 0. The lowest BCUT2D eigenvalue weighted by Gasteiger charge is -1.57. The molecule has 0 radical (unpaired) electrons. The Morgan fingerprint density at radius 1 is 0.769 bits per heavy atom. The zero-order chi connectivity index (χ0) is 11.7. The third kappa shape index (κ3) is 1260. The van der Waals surface area contributed by atoms with Gasteiger partial charge in [0.1, 0.15) is 0 Å². The molecule has 0 aromatic heterocycles. The third-order valence-electron chi connectivity index (χ3n) is 0. The van der Waals surface area contributed by atoms with Crippen LogP contribution in [-0.2, 0) is 21.2 Å². The van der Waals surface area contributed by atoms with Crippen molar-refractivity contribution in [3.63, 3.8) is 0 Å². The second kappa shape index (κ2) is 7.77. The average Bonchev–Trinajstić information content (AvgIpc) is 1.52. The van der Waals surface area contributed by atoms with Gasteiger partial charge in [0.25, 0.3) is 0 Å². The van der Waals surface area contributed by atoms with Crippen molar-refractivity contribution in [1.82, 2.24) is 0 Å². The molecule has 0 heterocycles. The van der Waals surface area contributed by atoms with E-state index in [0.717, 1.165) is 0 Å². The first-order chi connectivity index (χ1) is 5.41. The van der Waals surface area contributed by atoms with Crippen LogP contribution in [0.1, 0.15) is 0 Å². The van der Waals surface area contributed by atoms with Crippen LogP contribution in [0.2, 0.25) is 0 Å². The molecule has 0 saturated carbocycles. The fourth-order valence-corrected chi connectivity index (χ4v) is 0. The Morgan fingerprint density at radius 3 is 0.769 bits per heavy atom. The summed E-state index contributed by atoms with van der Waals surface area (Å²) < 4.78 is 73.2. The molecule has 0 amide bonds. The van der Waals surface area contributed by atoms with E-state index in [1.165, 1.54) is 0 Å². The highest BCUT2D eigenvalue weighted by Crippen LogP contribution is 1.86. The third-order valence-corrected chi connectivity index (χ3v) is 0. The largest absolute Gasteiger partial charge is 0.476 e. The van der Waals surface area contributed by atoms with Crippen LogP contribution in [-0.4, -0.2) is 16.8 Å². The van der Waals surface area contributed by atoms with Gasteiger partial charge in [-0.05, 0) is 0 Å². The van der Waals surface area contributed by atoms with E-state index in [1.807, 2.05) is 0 Å². The molecule has 80 valence electrons. The van der Waals surface area contributed by atoms with E-state index in [9.17, 15) is 15.5 Å². The highest BCUT2D eigenvalue weighted by Gasteiger charge is 1.95. The van der Waals surface area contributed by atoms with Gasteiger partial charge >= 0.3 is 21.2 Å². The molecule has 4 nitrogen and oxygen atoms in total. The summed E-state index contributed by atoms with van der Waals surface area (Å²) in [5.41, 5.74) is 2.25. The van der Waals surface area contributed by atoms with Gasteiger partial charge in [-0.1, -0.05) is 28.7 Å². The molecule has 0 aliphatic carbocycles. The first kappa shape index (κ1) is 18.0. The number of halogens is 4. The van der Waals surface area contributed by atoms with Crippen molar-refractivity contribution in [3.8, 4) is 0 Å². The Morgan fingerprint density at radius 2 is 0.769 bits per heavy atom. The molecular weight excluding hydrogens is 240 g/mol. The molecule has 0 rings (SSSR count). The monoisotopic (exact) mass is 244 g/mol. The van der Waals surface area contributed by atoms with Crippen LogP contribution in [0.15, 0.2) is 18.9 Å². The Kier molecular flexibility index (Phi) is 10.8. The van der Waals surface area contributed by atoms with Crippen molar-refractivity contribution in [2.24, 2.45) is 0 Å². The molecule has 0 fully saturated rings. The molecule has 0 atom stereocenters. The molecule has 0 aromatic rings. The summed E-state index contributed by atoms with van der Waals surface area (Å²) in [7, 11) is -11.3. The molecule has 0 bridgehead atoms. The Hall–Kier alpha value is -0.860. The smallest absolute Gasteiger partial charge is 0.160 e. The normalized spacial score (nSPS) is 9.54. The van der Waals surface area contributed by atoms with Crippen molar-refractivity contribution >= 4 is 21.2 Å². The van der Waals surface area contributed by atoms with Gasteiger partial charge in [-0.25, -0.2) is 0 Å². The summed E-state index contributed by atoms with van der Waals surface area (Å²) in [6.07, 6.45) is 0. The second-order valence-electron chi connectivity index (χ2n) is 1.01. The quantitative estimate of drug-likeness (QED) is 0.366. The molecule has 10 heteroatoms. The molecule has 0 spiro atoms. The first-order valence-corrected chi connectivity index (χ1v) is 4.56. The molecule has 0 aliphatic rings. The lowest BCUT2D eigenvalue weighted by atomic mass is 11.0. The van der Waals surface area contributed by atoms with Crippen LogP contribution in [0, 0.1) is 0 Å². The van der Waals surface area contributed by atoms with E-state index < -0.39 is 21.2 Å². The number of hydrogen-bond donors (Lipinski definition) is 0. The van der Waals surface area contributed by atoms with Crippen molar-refractivity contribution in [1.29, 1.82) is 0 Å². The van der Waals surface area contributed by atoms with Crippen LogP contribution in [0.3, 0.4) is 0 Å². The molecule has 0 aromatic carbocycles. The minimum atomic E-state index is -5.67. The Labute approximate surface area is 73.2 Å². The Bertz CT molecular complexity index is 290. The lowest BCUT2D eigenvalue weighted by molar-refractivity contribution is 0.498. The van der Waals surface area contributed by atoms with E-state index in [1.54, 1.807) is 0 Å². The standard InChI is InChI=1S/C3H4.2F2O2S/c1-3-2;2*1-5(2,3)4/h1-2H2;;. The van der Waals surface area contributed by atoms with E-state index in [-0.39, 0.29) is 0 Å². The summed E-state index contributed by atoms with van der Waals surface area (Å²) in [6.45, 7) is 6.25. The highest BCUT2D eigenvalue weighted by molar-refractivity contribution is 7.81. The van der Waals surface area contributed by atoms with Crippen molar-refractivity contribution in [2.75, 3.05) is 0 Å². The summed E-state index contributed by atoms with van der Waals surface area (Å²) in [5, 5.41) is 0. The van der Waals surface area contributed by atoms with Gasteiger partial charge in [0.2, 0.25) is 0 Å². The maximum atomic E-state index is 9.99. The minimum Gasteiger partial charge on any atom is -0.160 e. The van der Waals surface area contributed by atoms with Crippen molar-refractivity contribution < 1.29 is 32.4 Å². The Balaban J connectivity index is -0.000000120. The van der Waals surface area contributed by atoms with Gasteiger partial charge in [0, 0.05) is 0 Å². The van der Waals surface area contributed by atoms with E-state index in [0.29, 0.717) is 0 Å². The topological polar surface area (TPSA) is 68.3 Å². The molecular formula is C3H4F4O4S2. The average molecular weight is 244 g/mol. The van der Waals surface area contributed by atoms with Gasteiger partial charge < -0.3 is 0 Å². The van der Waals surface area contributed by atoms with Gasteiger partial charge in [0.15, 0.2) is 0 Å². The van der Waals surface area contributed by atoms with Gasteiger partial charge in [-0.3, -0.25) is 0 Å². The maximum Gasteiger partial charge on any atom is 0.476 e. The van der Waals surface area contributed by atoms with E-state index in [4.69, 9.17) is 16.8 Å². The summed E-state index contributed by atoms with van der Waals surface area (Å²) in [4.78, 5) is 0. The number of hydrogen-bond acceptors (Lipinski definition) is 4. The van der Waals surface area contributed by atoms with Crippen LogP contribution in [0.5, 0.6) is 0 Å².